The van der Waals surface area contributed by atoms with Gasteiger partial charge in [0.05, 0.1) is 18.1 Å². The SMILES string of the molecule is COc1ccc2c3c1O[C@@H]1[C@@]4(OC)C=C[C@]5(C[C@]4(C)C(C)(C)O)[C@@H](C2)N(C)CC[C@]315. The van der Waals surface area contributed by atoms with Crippen LogP contribution in [0.25, 0.3) is 0 Å². The third kappa shape index (κ3) is 1.63. The summed E-state index contributed by atoms with van der Waals surface area (Å²) in [5.41, 5.74) is 0.319. The monoisotopic (exact) mass is 411 g/mol. The molecule has 30 heavy (non-hydrogen) atoms. The summed E-state index contributed by atoms with van der Waals surface area (Å²) >= 11 is 0. The van der Waals surface area contributed by atoms with Crippen LogP contribution in [0.4, 0.5) is 0 Å². The van der Waals surface area contributed by atoms with Gasteiger partial charge in [0.25, 0.3) is 0 Å². The molecule has 5 heteroatoms. The number of benzene rings is 1. The molecule has 6 atom stereocenters. The van der Waals surface area contributed by atoms with Crippen molar-refractivity contribution in [1.29, 1.82) is 0 Å². The van der Waals surface area contributed by atoms with E-state index in [9.17, 15) is 5.11 Å². The predicted octanol–water partition coefficient (Wildman–Crippen LogP) is 3.08. The standard InChI is InChI=1S/C25H33NO4/c1-21(2,27)22(3)14-23-9-10-25(22,29-6)20-24(23)11-12-26(4)17(23)13-15-7-8-16(28-5)19(30-20)18(15)24/h7-10,17,20,27H,11-14H2,1-6H3/t17-,20+,22-,23+,24+,25+/m1/s1. The number of likely N-dealkylation sites (tertiary alicyclic amines) is 1. The first-order valence-corrected chi connectivity index (χ1v) is 11.2. The molecule has 0 aromatic heterocycles. The molecule has 0 unspecified atom stereocenters. The van der Waals surface area contributed by atoms with Crippen LogP contribution in [-0.2, 0) is 16.6 Å². The van der Waals surface area contributed by atoms with Crippen LogP contribution in [0, 0.1) is 10.8 Å². The van der Waals surface area contributed by atoms with Crippen molar-refractivity contribution in [3.63, 3.8) is 0 Å². The van der Waals surface area contributed by atoms with Crippen LogP contribution in [0.3, 0.4) is 0 Å². The van der Waals surface area contributed by atoms with E-state index >= 15 is 0 Å². The van der Waals surface area contributed by atoms with Gasteiger partial charge in [0.15, 0.2) is 11.5 Å². The Morgan fingerprint density at radius 2 is 2.00 bits per heavy atom. The Hall–Kier alpha value is -1.56. The molecule has 2 spiro atoms. The molecule has 1 saturated heterocycles. The van der Waals surface area contributed by atoms with Crippen molar-refractivity contribution in [2.75, 3.05) is 27.8 Å². The van der Waals surface area contributed by atoms with Gasteiger partial charge < -0.3 is 24.2 Å². The lowest BCUT2D eigenvalue weighted by Gasteiger charge is -2.75. The zero-order chi connectivity index (χ0) is 21.3. The topological polar surface area (TPSA) is 51.2 Å². The lowest BCUT2D eigenvalue weighted by Crippen LogP contribution is -2.83. The zero-order valence-electron chi connectivity index (χ0n) is 18.9. The average Bonchev–Trinajstić information content (AvgIpc) is 3.06. The molecule has 162 valence electrons. The van der Waals surface area contributed by atoms with Gasteiger partial charge in [-0.25, -0.2) is 0 Å². The van der Waals surface area contributed by atoms with E-state index in [2.05, 4.69) is 43.2 Å². The van der Waals surface area contributed by atoms with Gasteiger partial charge in [-0.2, -0.15) is 0 Å². The number of ether oxygens (including phenoxy) is 3. The summed E-state index contributed by atoms with van der Waals surface area (Å²) in [4.78, 5) is 2.54. The minimum Gasteiger partial charge on any atom is -0.493 e. The highest BCUT2D eigenvalue weighted by atomic mass is 16.6. The first-order chi connectivity index (χ1) is 14.1. The van der Waals surface area contributed by atoms with Crippen LogP contribution in [0.15, 0.2) is 24.3 Å². The number of aliphatic hydroxyl groups is 1. The number of piperidine rings is 1. The van der Waals surface area contributed by atoms with Crippen LogP contribution in [-0.4, -0.2) is 61.2 Å². The molecule has 5 nitrogen and oxygen atoms in total. The first kappa shape index (κ1) is 19.1. The van der Waals surface area contributed by atoms with E-state index in [1.165, 1.54) is 11.1 Å². The van der Waals surface area contributed by atoms with Gasteiger partial charge in [0.1, 0.15) is 11.7 Å². The number of rotatable bonds is 3. The summed E-state index contributed by atoms with van der Waals surface area (Å²) in [6, 6.07) is 4.67. The predicted molar refractivity (Wildman–Crippen MR) is 114 cm³/mol. The van der Waals surface area contributed by atoms with E-state index in [0.29, 0.717) is 6.04 Å². The van der Waals surface area contributed by atoms with Gasteiger partial charge in [0, 0.05) is 29.5 Å². The second-order valence-electron chi connectivity index (χ2n) is 11.0. The van der Waals surface area contributed by atoms with Gasteiger partial charge in [0.2, 0.25) is 0 Å². The largest absolute Gasteiger partial charge is 0.493 e. The highest BCUT2D eigenvalue weighted by Gasteiger charge is 2.83. The van der Waals surface area contributed by atoms with E-state index < -0.39 is 16.6 Å². The highest BCUT2D eigenvalue weighted by molar-refractivity contribution is 5.66. The van der Waals surface area contributed by atoms with Gasteiger partial charge in [-0.3, -0.25) is 0 Å². The number of methoxy groups -OCH3 is 2. The summed E-state index contributed by atoms with van der Waals surface area (Å²) in [7, 11) is 5.76. The average molecular weight is 412 g/mol. The fourth-order valence-electron chi connectivity index (χ4n) is 8.30. The summed E-state index contributed by atoms with van der Waals surface area (Å²) in [6.45, 7) is 7.10. The minimum absolute atomic E-state index is 0.107. The molecule has 4 aliphatic carbocycles. The van der Waals surface area contributed by atoms with E-state index in [1.54, 1.807) is 14.2 Å². The molecule has 2 heterocycles. The smallest absolute Gasteiger partial charge is 0.166 e. The number of hydrogen-bond acceptors (Lipinski definition) is 5. The highest BCUT2D eigenvalue weighted by Crippen LogP contribution is 2.78. The number of hydrogen-bond donors (Lipinski definition) is 1. The third-order valence-corrected chi connectivity index (χ3v) is 10.0. The van der Waals surface area contributed by atoms with Crippen LogP contribution in [0.2, 0.25) is 0 Å². The lowest BCUT2D eigenvalue weighted by molar-refractivity contribution is -0.284. The van der Waals surface area contributed by atoms with Crippen molar-refractivity contribution < 1.29 is 19.3 Å². The second kappa shape index (κ2) is 5.25. The Kier molecular flexibility index (Phi) is 3.35. The first-order valence-electron chi connectivity index (χ1n) is 11.2. The number of nitrogens with zero attached hydrogens (tertiary/aromatic N) is 1. The molecular formula is C25H33NO4. The van der Waals surface area contributed by atoms with E-state index in [1.807, 2.05) is 13.8 Å². The molecule has 2 fully saturated rings. The lowest BCUT2D eigenvalue weighted by atomic mass is 9.33. The van der Waals surface area contributed by atoms with Gasteiger partial charge >= 0.3 is 0 Å². The van der Waals surface area contributed by atoms with Crippen molar-refractivity contribution in [3.05, 3.63) is 35.4 Å². The fourth-order valence-corrected chi connectivity index (χ4v) is 8.30. The van der Waals surface area contributed by atoms with Crippen LogP contribution < -0.4 is 9.47 Å². The summed E-state index contributed by atoms with van der Waals surface area (Å²) in [6.07, 6.45) is 7.39. The quantitative estimate of drug-likeness (QED) is 0.775. The maximum atomic E-state index is 11.5. The summed E-state index contributed by atoms with van der Waals surface area (Å²) in [5.74, 6) is 1.71. The number of likely N-dealkylation sites (N-methyl/N-ethyl adjacent to an activating group) is 1. The molecule has 0 radical (unpaired) electrons. The van der Waals surface area contributed by atoms with Crippen molar-refractivity contribution in [2.45, 2.75) is 68.8 Å². The second-order valence-corrected chi connectivity index (χ2v) is 11.0. The molecular weight excluding hydrogens is 378 g/mol. The zero-order valence-corrected chi connectivity index (χ0v) is 18.9. The molecule has 0 amide bonds. The van der Waals surface area contributed by atoms with Gasteiger partial charge in [-0.15, -0.1) is 0 Å². The van der Waals surface area contributed by atoms with E-state index in [-0.39, 0.29) is 16.9 Å². The molecule has 1 saturated carbocycles. The summed E-state index contributed by atoms with van der Waals surface area (Å²) in [5, 5.41) is 11.5. The fraction of sp³-hybridized carbons (Fsp3) is 0.680. The van der Waals surface area contributed by atoms with Gasteiger partial charge in [-0.05, 0) is 58.3 Å². The van der Waals surface area contributed by atoms with Crippen molar-refractivity contribution in [2.24, 2.45) is 10.8 Å². The van der Waals surface area contributed by atoms with Gasteiger partial charge in [-0.1, -0.05) is 25.1 Å². The molecule has 7 rings (SSSR count). The van der Waals surface area contributed by atoms with Crippen molar-refractivity contribution in [1.82, 2.24) is 4.90 Å². The molecule has 4 bridgehead atoms. The normalized spacial score (nSPS) is 45.3. The molecule has 1 aromatic carbocycles. The van der Waals surface area contributed by atoms with E-state index in [0.717, 1.165) is 37.3 Å². The number of fused-ring (bicyclic) bond motifs is 1. The Labute approximate surface area is 179 Å². The third-order valence-electron chi connectivity index (χ3n) is 10.0. The van der Waals surface area contributed by atoms with Crippen molar-refractivity contribution >= 4 is 0 Å². The maximum absolute atomic E-state index is 11.5. The molecule has 1 aromatic rings. The minimum atomic E-state index is -0.933. The van der Waals surface area contributed by atoms with Crippen LogP contribution in [0.5, 0.6) is 11.5 Å². The van der Waals surface area contributed by atoms with Crippen molar-refractivity contribution in [3.8, 4) is 11.5 Å². The molecule has 1 N–H and O–H groups in total. The van der Waals surface area contributed by atoms with E-state index in [4.69, 9.17) is 14.2 Å². The maximum Gasteiger partial charge on any atom is 0.166 e. The van der Waals surface area contributed by atoms with Crippen LogP contribution in [0.1, 0.15) is 44.7 Å². The Morgan fingerprint density at radius 1 is 1.23 bits per heavy atom. The van der Waals surface area contributed by atoms with Crippen LogP contribution >= 0.6 is 0 Å². The summed E-state index contributed by atoms with van der Waals surface area (Å²) < 4.78 is 19.1. The molecule has 6 aliphatic rings. The Morgan fingerprint density at radius 3 is 2.67 bits per heavy atom. The Bertz CT molecular complexity index is 982. The Balaban J connectivity index is 1.73. The molecule has 2 aliphatic heterocycles.